The van der Waals surface area contributed by atoms with Gasteiger partial charge in [0.05, 0.1) is 39.9 Å². The van der Waals surface area contributed by atoms with Crippen LogP contribution in [-0.2, 0) is 17.4 Å². The summed E-state index contributed by atoms with van der Waals surface area (Å²) in [5.41, 5.74) is 2.05. The van der Waals surface area contributed by atoms with Gasteiger partial charge in [-0.05, 0) is 24.6 Å². The maximum Gasteiger partial charge on any atom is 0.311 e. The Morgan fingerprint density at radius 3 is 2.29 bits per heavy atom. The van der Waals surface area contributed by atoms with Crippen molar-refractivity contribution in [2.45, 2.75) is 24.8 Å². The minimum absolute atomic E-state index is 0.0122. The van der Waals surface area contributed by atoms with Gasteiger partial charge in [0, 0.05) is 35.1 Å². The lowest BCUT2D eigenvalue weighted by molar-refractivity contribution is 0.299. The van der Waals surface area contributed by atoms with E-state index >= 15 is 0 Å². The van der Waals surface area contributed by atoms with Crippen LogP contribution in [0.2, 0.25) is 0 Å². The summed E-state index contributed by atoms with van der Waals surface area (Å²) in [6.07, 6.45) is 2.66. The molecule has 1 N–H and O–H groups in total. The Balaban J connectivity index is 1.55. The number of aromatic nitrogens is 2. The largest absolute Gasteiger partial charge is 0.503 e. The van der Waals surface area contributed by atoms with Crippen LogP contribution in [0.25, 0.3) is 11.0 Å². The van der Waals surface area contributed by atoms with Crippen molar-refractivity contribution >= 4 is 21.9 Å². The van der Waals surface area contributed by atoms with E-state index < -0.39 is 10.9 Å². The number of aryl methyl sites for hydroxylation is 1. The molecule has 0 aliphatic heterocycles. The molecule has 200 valence electrons. The number of hydrogen-bond acceptors (Lipinski definition) is 7. The fourth-order valence-electron chi connectivity index (χ4n) is 4.31. The van der Waals surface area contributed by atoms with Crippen LogP contribution in [0.15, 0.2) is 64.3 Å². The number of methoxy groups -OCH3 is 3. The molecule has 0 aliphatic carbocycles. The molecule has 0 bridgehead atoms. The zero-order valence-electron chi connectivity index (χ0n) is 22.3. The molecule has 1 unspecified atom stereocenters. The highest BCUT2D eigenvalue weighted by Gasteiger charge is 2.29. The van der Waals surface area contributed by atoms with Crippen LogP contribution in [0.4, 0.5) is 0 Å². The second-order valence-corrected chi connectivity index (χ2v) is 10.9. The molecule has 4 aromatic rings. The lowest BCUT2D eigenvalue weighted by atomic mass is 10.2. The van der Waals surface area contributed by atoms with Crippen LogP contribution in [0, 0.1) is 6.92 Å². The first-order valence-corrected chi connectivity index (χ1v) is 14.0. The first-order chi connectivity index (χ1) is 18.4. The number of ether oxygens (including phenoxy) is 4. The molecule has 0 saturated carbocycles. The number of nitrogens with zero attached hydrogens (tertiary/aromatic N) is 2. The molecule has 1 atom stereocenters. The molecule has 0 fully saturated rings. The van der Waals surface area contributed by atoms with Crippen molar-refractivity contribution in [2.75, 3.05) is 39.9 Å². The first kappa shape index (κ1) is 27.2. The predicted octanol–water partition coefficient (Wildman–Crippen LogP) is 4.56. The summed E-state index contributed by atoms with van der Waals surface area (Å²) in [6, 6.07) is 17.0. The van der Waals surface area contributed by atoms with Crippen molar-refractivity contribution in [3.05, 3.63) is 76.2 Å². The Morgan fingerprint density at radius 2 is 1.66 bits per heavy atom. The van der Waals surface area contributed by atoms with Gasteiger partial charge in [-0.15, -0.1) is 0 Å². The summed E-state index contributed by atoms with van der Waals surface area (Å²) in [5.74, 6) is 2.81. The van der Waals surface area contributed by atoms with Crippen LogP contribution in [0.3, 0.4) is 0 Å². The summed E-state index contributed by atoms with van der Waals surface area (Å²) in [4.78, 5) is 18.7. The van der Waals surface area contributed by atoms with Gasteiger partial charge in [0.1, 0.15) is 23.4 Å². The topological polar surface area (TPSA) is 92.0 Å². The standard InChI is InChI=1S/C29H32N2O6S/c1-19-12-13-22-25(32)27(29(33)31(28(22)30-19)18-20-10-7-6-8-11-20)38(5)15-9-14-37-21-16-23(34-2)26(36-4)24(17-21)35-3/h6-8,10-13,16-17H,9,14-15,18H2,1-5H3/p+1. The minimum Gasteiger partial charge on any atom is -0.503 e. The van der Waals surface area contributed by atoms with E-state index in [1.54, 1.807) is 38.0 Å². The number of aromatic hydroxyl groups is 1. The highest BCUT2D eigenvalue weighted by molar-refractivity contribution is 7.96. The lowest BCUT2D eigenvalue weighted by Crippen LogP contribution is -2.28. The molecule has 8 nitrogen and oxygen atoms in total. The average Bonchev–Trinajstić information content (AvgIpc) is 2.93. The van der Waals surface area contributed by atoms with Gasteiger partial charge < -0.3 is 24.1 Å². The zero-order chi connectivity index (χ0) is 27.2. The zero-order valence-corrected chi connectivity index (χ0v) is 23.1. The van der Waals surface area contributed by atoms with Crippen LogP contribution in [0.5, 0.6) is 28.7 Å². The summed E-state index contributed by atoms with van der Waals surface area (Å²) in [5, 5.41) is 11.7. The maximum absolute atomic E-state index is 13.7. The second kappa shape index (κ2) is 12.1. The molecule has 2 heterocycles. The number of hydrogen-bond donors (Lipinski definition) is 1. The van der Waals surface area contributed by atoms with Gasteiger partial charge in [-0.2, -0.15) is 0 Å². The van der Waals surface area contributed by atoms with E-state index in [4.69, 9.17) is 18.9 Å². The highest BCUT2D eigenvalue weighted by atomic mass is 32.2. The third kappa shape index (κ3) is 5.67. The van der Waals surface area contributed by atoms with Crippen molar-refractivity contribution in [1.29, 1.82) is 0 Å². The summed E-state index contributed by atoms with van der Waals surface area (Å²) in [7, 11) is 4.14. The second-order valence-electron chi connectivity index (χ2n) is 8.78. The van der Waals surface area contributed by atoms with Crippen molar-refractivity contribution in [3.8, 4) is 28.7 Å². The molecule has 0 radical (unpaired) electrons. The van der Waals surface area contributed by atoms with Gasteiger partial charge in [0.25, 0.3) is 4.90 Å². The van der Waals surface area contributed by atoms with Gasteiger partial charge in [0.2, 0.25) is 5.75 Å². The van der Waals surface area contributed by atoms with E-state index in [9.17, 15) is 9.90 Å². The third-order valence-electron chi connectivity index (χ3n) is 6.21. The van der Waals surface area contributed by atoms with Crippen molar-refractivity contribution < 1.29 is 24.1 Å². The quantitative estimate of drug-likeness (QED) is 0.222. The summed E-state index contributed by atoms with van der Waals surface area (Å²) >= 11 is 0. The highest BCUT2D eigenvalue weighted by Crippen LogP contribution is 2.40. The lowest BCUT2D eigenvalue weighted by Gasteiger charge is -2.15. The van der Waals surface area contributed by atoms with Crippen molar-refractivity contribution in [3.63, 3.8) is 0 Å². The number of fused-ring (bicyclic) bond motifs is 1. The molecule has 4 rings (SSSR count). The smallest absolute Gasteiger partial charge is 0.311 e. The maximum atomic E-state index is 13.7. The van der Waals surface area contributed by atoms with E-state index in [1.165, 1.54) is 0 Å². The number of benzene rings is 2. The van der Waals surface area contributed by atoms with Gasteiger partial charge in [-0.25, -0.2) is 4.98 Å². The molecule has 0 amide bonds. The van der Waals surface area contributed by atoms with Crippen LogP contribution in [0.1, 0.15) is 17.7 Å². The monoisotopic (exact) mass is 537 g/mol. The van der Waals surface area contributed by atoms with Gasteiger partial charge in [-0.1, -0.05) is 30.3 Å². The summed E-state index contributed by atoms with van der Waals surface area (Å²) < 4.78 is 23.8. The van der Waals surface area contributed by atoms with Crippen molar-refractivity contribution in [2.24, 2.45) is 0 Å². The Kier molecular flexibility index (Phi) is 8.68. The minimum atomic E-state index is -0.522. The third-order valence-corrected chi connectivity index (χ3v) is 8.18. The Morgan fingerprint density at radius 1 is 0.974 bits per heavy atom. The molecule has 0 saturated heterocycles. The predicted molar refractivity (Wildman–Crippen MR) is 151 cm³/mol. The number of rotatable bonds is 11. The molecule has 9 heteroatoms. The van der Waals surface area contributed by atoms with Crippen LogP contribution >= 0.6 is 0 Å². The molecule has 0 spiro atoms. The van der Waals surface area contributed by atoms with Gasteiger partial charge in [-0.3, -0.25) is 9.36 Å². The number of pyridine rings is 2. The average molecular weight is 538 g/mol. The van der Waals surface area contributed by atoms with Gasteiger partial charge in [0.15, 0.2) is 17.2 Å². The Hall–Kier alpha value is -3.85. The van der Waals surface area contributed by atoms with E-state index in [0.29, 0.717) is 64.3 Å². The summed E-state index contributed by atoms with van der Waals surface area (Å²) in [6.45, 7) is 2.67. The first-order valence-electron chi connectivity index (χ1n) is 12.2. The van der Waals surface area contributed by atoms with E-state index in [0.717, 1.165) is 11.3 Å². The molecular weight excluding hydrogens is 504 g/mol. The Bertz CT molecular complexity index is 1450. The Labute approximate surface area is 225 Å². The van der Waals surface area contributed by atoms with Gasteiger partial charge >= 0.3 is 5.56 Å². The normalized spacial score (nSPS) is 11.8. The fourth-order valence-corrected chi connectivity index (χ4v) is 5.91. The van der Waals surface area contributed by atoms with E-state index in [1.807, 2.05) is 55.6 Å². The molecular formula is C29H33N2O6S+. The molecule has 0 aliphatic rings. The van der Waals surface area contributed by atoms with Crippen molar-refractivity contribution in [1.82, 2.24) is 9.55 Å². The fraction of sp³-hybridized carbons (Fsp3) is 0.310. The van der Waals surface area contributed by atoms with Crippen LogP contribution in [-0.4, -0.2) is 54.6 Å². The SMILES string of the molecule is COc1cc(OCCC[S+](C)c2c(O)c3ccc(C)nc3n(Cc3ccccc3)c2=O)cc(OC)c1OC. The van der Waals surface area contributed by atoms with E-state index in [-0.39, 0.29) is 11.3 Å². The molecule has 2 aromatic carbocycles. The van der Waals surface area contributed by atoms with Crippen LogP contribution < -0.4 is 24.5 Å². The molecule has 38 heavy (non-hydrogen) atoms. The van der Waals surface area contributed by atoms with E-state index in [2.05, 4.69) is 4.98 Å². The molecule has 2 aromatic heterocycles.